The molecule has 3 rings (SSSR count). The average molecular weight is 391 g/mol. The van der Waals surface area contributed by atoms with Gasteiger partial charge < -0.3 is 14.8 Å². The number of rotatable bonds is 7. The second-order valence-corrected chi connectivity index (χ2v) is 8.04. The highest BCUT2D eigenvalue weighted by molar-refractivity contribution is 7.22. The Morgan fingerprint density at radius 1 is 1.37 bits per heavy atom. The van der Waals surface area contributed by atoms with E-state index in [1.54, 1.807) is 6.07 Å². The van der Waals surface area contributed by atoms with Gasteiger partial charge >= 0.3 is 0 Å². The van der Waals surface area contributed by atoms with E-state index in [4.69, 9.17) is 9.47 Å². The summed E-state index contributed by atoms with van der Waals surface area (Å²) in [4.78, 5) is 28.3. The number of benzene rings is 1. The predicted octanol–water partition coefficient (Wildman–Crippen LogP) is 3.41. The number of hydrogen-bond donors (Lipinski definition) is 2. The van der Waals surface area contributed by atoms with Crippen LogP contribution < -0.4 is 10.6 Å². The Morgan fingerprint density at radius 3 is 2.85 bits per heavy atom. The smallest absolute Gasteiger partial charge is 0.255 e. The molecule has 1 aromatic carbocycles. The first-order valence-corrected chi connectivity index (χ1v) is 9.96. The van der Waals surface area contributed by atoms with Crippen LogP contribution in [0.1, 0.15) is 33.6 Å². The molecule has 2 N–H and O–H groups in total. The minimum atomic E-state index is -0.559. The summed E-state index contributed by atoms with van der Waals surface area (Å²) in [5, 5.41) is 6.12. The Kier molecular flexibility index (Phi) is 6.41. The fourth-order valence-corrected chi connectivity index (χ4v) is 3.90. The molecule has 1 aliphatic heterocycles. The van der Waals surface area contributed by atoms with Crippen LogP contribution in [0.5, 0.6) is 0 Å². The summed E-state index contributed by atoms with van der Waals surface area (Å²) in [6.07, 6.45) is 1.53. The number of thiazole rings is 1. The van der Waals surface area contributed by atoms with Crippen molar-refractivity contribution in [1.29, 1.82) is 0 Å². The van der Waals surface area contributed by atoms with Crippen molar-refractivity contribution in [3.63, 3.8) is 0 Å². The molecule has 27 heavy (non-hydrogen) atoms. The molecule has 2 amide bonds. The topological polar surface area (TPSA) is 89.6 Å². The number of aromatic nitrogens is 1. The number of fused-ring (bicyclic) bond motifs is 1. The number of carbonyl (C=O) groups is 2. The zero-order chi connectivity index (χ0) is 19.4. The van der Waals surface area contributed by atoms with E-state index in [1.807, 2.05) is 26.0 Å². The second-order valence-electron chi connectivity index (χ2n) is 7.00. The Balaban J connectivity index is 1.66. The van der Waals surface area contributed by atoms with Gasteiger partial charge in [-0.3, -0.25) is 14.9 Å². The number of anilines is 2. The molecule has 8 heteroatoms. The van der Waals surface area contributed by atoms with Crippen LogP contribution >= 0.6 is 11.3 Å². The van der Waals surface area contributed by atoms with Crippen molar-refractivity contribution in [2.45, 2.75) is 45.8 Å². The number of amides is 2. The first kappa shape index (κ1) is 19.7. The highest BCUT2D eigenvalue weighted by atomic mass is 32.1. The third-order valence-electron chi connectivity index (χ3n) is 4.29. The number of nitrogens with one attached hydrogen (secondary N) is 2. The highest BCUT2D eigenvalue weighted by Crippen LogP contribution is 2.29. The van der Waals surface area contributed by atoms with E-state index < -0.39 is 6.10 Å². The van der Waals surface area contributed by atoms with Crippen molar-refractivity contribution >= 4 is 44.2 Å². The van der Waals surface area contributed by atoms with Crippen LogP contribution in [0, 0.1) is 5.92 Å². The fourth-order valence-electron chi connectivity index (χ4n) is 2.99. The van der Waals surface area contributed by atoms with E-state index in [0.29, 0.717) is 17.4 Å². The van der Waals surface area contributed by atoms with Gasteiger partial charge in [0.1, 0.15) is 6.10 Å². The largest absolute Gasteiger partial charge is 0.376 e. The average Bonchev–Trinajstić information content (AvgIpc) is 3.22. The van der Waals surface area contributed by atoms with Gasteiger partial charge in [0, 0.05) is 19.2 Å². The van der Waals surface area contributed by atoms with Gasteiger partial charge in [-0.25, -0.2) is 4.98 Å². The van der Waals surface area contributed by atoms with Gasteiger partial charge in [0.15, 0.2) is 5.13 Å². The summed E-state index contributed by atoms with van der Waals surface area (Å²) >= 11 is 1.36. The lowest BCUT2D eigenvalue weighted by Gasteiger charge is -2.21. The van der Waals surface area contributed by atoms with Crippen LogP contribution in [0.4, 0.5) is 10.8 Å². The van der Waals surface area contributed by atoms with E-state index in [0.717, 1.165) is 29.7 Å². The minimum Gasteiger partial charge on any atom is -0.376 e. The van der Waals surface area contributed by atoms with Gasteiger partial charge in [-0.2, -0.15) is 0 Å². The maximum atomic E-state index is 12.7. The number of nitrogens with zero attached hydrogens (tertiary/aromatic N) is 1. The van der Waals surface area contributed by atoms with E-state index in [9.17, 15) is 9.59 Å². The molecule has 0 aliphatic carbocycles. The van der Waals surface area contributed by atoms with Crippen molar-refractivity contribution in [2.75, 3.05) is 23.8 Å². The Morgan fingerprint density at radius 2 is 2.19 bits per heavy atom. The standard InChI is InChI=1S/C19H25N3O4S/c1-11(2)17(26-10-14-5-4-8-25-14)18(24)22-19-21-15-7-6-13(20-12(3)23)9-16(15)27-19/h6-7,9,11,14,17H,4-5,8,10H2,1-3H3,(H,20,23)(H,21,22,24). The molecule has 2 unspecified atom stereocenters. The highest BCUT2D eigenvalue weighted by Gasteiger charge is 2.26. The zero-order valence-corrected chi connectivity index (χ0v) is 16.6. The molecule has 2 heterocycles. The molecule has 1 saturated heterocycles. The molecule has 0 saturated carbocycles. The predicted molar refractivity (Wildman–Crippen MR) is 106 cm³/mol. The summed E-state index contributed by atoms with van der Waals surface area (Å²) in [6.45, 7) is 6.57. The Labute approximate surface area is 162 Å². The van der Waals surface area contributed by atoms with Gasteiger partial charge in [0.2, 0.25) is 5.91 Å². The van der Waals surface area contributed by atoms with E-state index >= 15 is 0 Å². The van der Waals surface area contributed by atoms with Gasteiger partial charge in [-0.1, -0.05) is 25.2 Å². The van der Waals surface area contributed by atoms with Crippen LogP contribution in [-0.2, 0) is 19.1 Å². The molecular formula is C19H25N3O4S. The van der Waals surface area contributed by atoms with Gasteiger partial charge in [-0.15, -0.1) is 0 Å². The van der Waals surface area contributed by atoms with Crippen molar-refractivity contribution < 1.29 is 19.1 Å². The molecule has 1 aromatic heterocycles. The Bertz CT molecular complexity index is 814. The summed E-state index contributed by atoms with van der Waals surface area (Å²) in [5.74, 6) is -0.299. The molecule has 0 spiro atoms. The Hall–Kier alpha value is -2.03. The molecule has 0 radical (unpaired) electrons. The van der Waals surface area contributed by atoms with Crippen molar-refractivity contribution in [1.82, 2.24) is 4.98 Å². The molecule has 146 valence electrons. The monoisotopic (exact) mass is 391 g/mol. The third kappa shape index (κ3) is 5.24. The summed E-state index contributed by atoms with van der Waals surface area (Å²) in [7, 11) is 0. The van der Waals surface area contributed by atoms with Crippen LogP contribution in [0.15, 0.2) is 18.2 Å². The molecular weight excluding hydrogens is 366 g/mol. The van der Waals surface area contributed by atoms with Crippen LogP contribution in [0.3, 0.4) is 0 Å². The summed E-state index contributed by atoms with van der Waals surface area (Å²) in [5.41, 5.74) is 1.47. The molecule has 7 nitrogen and oxygen atoms in total. The van der Waals surface area contributed by atoms with Crippen molar-refractivity contribution in [3.05, 3.63) is 18.2 Å². The van der Waals surface area contributed by atoms with Gasteiger partial charge in [0.25, 0.3) is 5.91 Å². The molecule has 1 aliphatic rings. The fraction of sp³-hybridized carbons (Fsp3) is 0.526. The van der Waals surface area contributed by atoms with Gasteiger partial charge in [-0.05, 0) is 37.0 Å². The van der Waals surface area contributed by atoms with Crippen LogP contribution in [-0.4, -0.2) is 42.2 Å². The lowest BCUT2D eigenvalue weighted by molar-refractivity contribution is -0.132. The molecule has 1 fully saturated rings. The first-order valence-electron chi connectivity index (χ1n) is 9.14. The summed E-state index contributed by atoms with van der Waals surface area (Å²) in [6, 6.07) is 5.45. The number of ether oxygens (including phenoxy) is 2. The summed E-state index contributed by atoms with van der Waals surface area (Å²) < 4.78 is 12.3. The van der Waals surface area contributed by atoms with Crippen LogP contribution in [0.2, 0.25) is 0 Å². The van der Waals surface area contributed by atoms with E-state index in [-0.39, 0.29) is 23.8 Å². The maximum absolute atomic E-state index is 12.7. The molecule has 2 atom stereocenters. The lowest BCUT2D eigenvalue weighted by atomic mass is 10.1. The number of carbonyl (C=O) groups excluding carboxylic acids is 2. The second kappa shape index (κ2) is 8.77. The normalized spacial score (nSPS) is 18.0. The number of hydrogen-bond acceptors (Lipinski definition) is 6. The third-order valence-corrected chi connectivity index (χ3v) is 5.22. The van der Waals surface area contributed by atoms with E-state index in [1.165, 1.54) is 18.3 Å². The quantitative estimate of drug-likeness (QED) is 0.755. The SMILES string of the molecule is CC(=O)Nc1ccc2nc(NC(=O)C(OCC3CCCO3)C(C)C)sc2c1. The van der Waals surface area contributed by atoms with E-state index in [2.05, 4.69) is 15.6 Å². The minimum absolute atomic E-state index is 0.0344. The van der Waals surface area contributed by atoms with Crippen molar-refractivity contribution in [2.24, 2.45) is 5.92 Å². The maximum Gasteiger partial charge on any atom is 0.255 e. The van der Waals surface area contributed by atoms with Crippen LogP contribution in [0.25, 0.3) is 10.2 Å². The molecule has 2 aromatic rings. The van der Waals surface area contributed by atoms with Crippen molar-refractivity contribution in [3.8, 4) is 0 Å². The first-order chi connectivity index (χ1) is 12.9. The lowest BCUT2D eigenvalue weighted by Crippen LogP contribution is -2.36. The molecule has 0 bridgehead atoms. The van der Waals surface area contributed by atoms with Gasteiger partial charge in [0.05, 0.1) is 22.9 Å². The zero-order valence-electron chi connectivity index (χ0n) is 15.8.